The summed E-state index contributed by atoms with van der Waals surface area (Å²) in [4.78, 5) is 2.78. The van der Waals surface area contributed by atoms with Crippen LogP contribution in [-0.4, -0.2) is 30.6 Å². The van der Waals surface area contributed by atoms with E-state index >= 15 is 0 Å². The monoisotopic (exact) mass is 264 g/mol. The van der Waals surface area contributed by atoms with E-state index in [1.165, 1.54) is 70.6 Å². The third kappa shape index (κ3) is 2.47. The third-order valence-corrected chi connectivity index (χ3v) is 6.66. The van der Waals surface area contributed by atoms with Crippen LogP contribution in [0.3, 0.4) is 0 Å². The Labute approximate surface area is 119 Å². The molecule has 3 unspecified atom stereocenters. The van der Waals surface area contributed by atoms with Crippen LogP contribution in [0.5, 0.6) is 0 Å². The van der Waals surface area contributed by atoms with Gasteiger partial charge in [-0.2, -0.15) is 0 Å². The number of nitrogens with zero attached hydrogens (tertiary/aromatic N) is 1. The fraction of sp³-hybridized carbons (Fsp3) is 1.00. The molecular formula is C17H32N2. The van der Waals surface area contributed by atoms with Gasteiger partial charge in [0.05, 0.1) is 0 Å². The summed E-state index contributed by atoms with van der Waals surface area (Å²) >= 11 is 0. The zero-order valence-electron chi connectivity index (χ0n) is 12.7. The molecule has 0 aromatic carbocycles. The lowest BCUT2D eigenvalue weighted by atomic mass is 9.56. The SMILES string of the molecule is CN(C1CCCCC1CN)C1CCC12CCCCC2. The van der Waals surface area contributed by atoms with Crippen LogP contribution in [0.1, 0.15) is 70.6 Å². The molecule has 0 aromatic heterocycles. The molecule has 3 aliphatic carbocycles. The number of nitrogens with two attached hydrogens (primary N) is 1. The van der Waals surface area contributed by atoms with Crippen LogP contribution in [0.15, 0.2) is 0 Å². The van der Waals surface area contributed by atoms with E-state index in [-0.39, 0.29) is 0 Å². The Morgan fingerprint density at radius 2 is 1.68 bits per heavy atom. The fourth-order valence-corrected chi connectivity index (χ4v) is 5.39. The first kappa shape index (κ1) is 13.9. The van der Waals surface area contributed by atoms with E-state index in [9.17, 15) is 0 Å². The highest BCUT2D eigenvalue weighted by Gasteiger charge is 2.50. The van der Waals surface area contributed by atoms with E-state index < -0.39 is 0 Å². The smallest absolute Gasteiger partial charge is 0.0152 e. The zero-order valence-corrected chi connectivity index (χ0v) is 12.7. The molecule has 2 N–H and O–H groups in total. The first-order chi connectivity index (χ1) is 9.27. The molecule has 0 amide bonds. The van der Waals surface area contributed by atoms with Crippen molar-refractivity contribution in [2.45, 2.75) is 82.7 Å². The average molecular weight is 264 g/mol. The van der Waals surface area contributed by atoms with Gasteiger partial charge in [-0.1, -0.05) is 32.1 Å². The van der Waals surface area contributed by atoms with E-state index in [1.807, 2.05) is 0 Å². The highest BCUT2D eigenvalue weighted by atomic mass is 15.2. The van der Waals surface area contributed by atoms with Crippen LogP contribution in [0.2, 0.25) is 0 Å². The van der Waals surface area contributed by atoms with E-state index in [4.69, 9.17) is 5.73 Å². The molecule has 0 heterocycles. The van der Waals surface area contributed by atoms with Gasteiger partial charge < -0.3 is 5.73 Å². The molecule has 110 valence electrons. The summed E-state index contributed by atoms with van der Waals surface area (Å²) in [6.07, 6.45) is 16.0. The second kappa shape index (κ2) is 5.73. The molecular weight excluding hydrogens is 232 g/mol. The second-order valence-electron chi connectivity index (χ2n) is 7.49. The normalized spacial score (nSPS) is 38.4. The molecule has 0 radical (unpaired) electrons. The van der Waals surface area contributed by atoms with Crippen molar-refractivity contribution >= 4 is 0 Å². The number of hydrogen-bond donors (Lipinski definition) is 1. The Morgan fingerprint density at radius 1 is 0.947 bits per heavy atom. The van der Waals surface area contributed by atoms with Crippen molar-refractivity contribution in [3.63, 3.8) is 0 Å². The molecule has 0 aromatic rings. The predicted octanol–water partition coefficient (Wildman–Crippen LogP) is 3.55. The summed E-state index contributed by atoms with van der Waals surface area (Å²) in [5.74, 6) is 0.764. The molecule has 3 rings (SSSR count). The predicted molar refractivity (Wildman–Crippen MR) is 81.1 cm³/mol. The summed E-state index contributed by atoms with van der Waals surface area (Å²) in [5, 5.41) is 0. The molecule has 2 heteroatoms. The van der Waals surface area contributed by atoms with Gasteiger partial charge in [0.25, 0.3) is 0 Å². The highest BCUT2D eigenvalue weighted by Crippen LogP contribution is 2.54. The second-order valence-corrected chi connectivity index (χ2v) is 7.49. The standard InChI is InChI=1S/C17H32N2/c1-19(15-8-4-3-7-14(15)13-18)16-9-12-17(16)10-5-2-6-11-17/h14-16H,2-13,18H2,1H3. The van der Waals surface area contributed by atoms with Crippen LogP contribution in [0.25, 0.3) is 0 Å². The summed E-state index contributed by atoms with van der Waals surface area (Å²) < 4.78 is 0. The highest BCUT2D eigenvalue weighted by molar-refractivity contribution is 5.04. The molecule has 3 aliphatic rings. The molecule has 19 heavy (non-hydrogen) atoms. The first-order valence-corrected chi connectivity index (χ1v) is 8.69. The molecule has 3 atom stereocenters. The van der Waals surface area contributed by atoms with Crippen LogP contribution in [0, 0.1) is 11.3 Å². The van der Waals surface area contributed by atoms with Crippen molar-refractivity contribution in [1.82, 2.24) is 4.90 Å². The summed E-state index contributed by atoms with van der Waals surface area (Å²) in [6.45, 7) is 0.898. The topological polar surface area (TPSA) is 29.3 Å². The lowest BCUT2D eigenvalue weighted by Crippen LogP contribution is -2.59. The van der Waals surface area contributed by atoms with E-state index in [0.717, 1.165) is 24.5 Å². The minimum atomic E-state index is 0.712. The van der Waals surface area contributed by atoms with Crippen molar-refractivity contribution in [3.05, 3.63) is 0 Å². The van der Waals surface area contributed by atoms with Crippen molar-refractivity contribution in [2.75, 3.05) is 13.6 Å². The van der Waals surface area contributed by atoms with Gasteiger partial charge in [-0.15, -0.1) is 0 Å². The van der Waals surface area contributed by atoms with Gasteiger partial charge in [0.15, 0.2) is 0 Å². The lowest BCUT2D eigenvalue weighted by molar-refractivity contribution is -0.0730. The molecule has 3 fully saturated rings. The van der Waals surface area contributed by atoms with Crippen LogP contribution in [0.4, 0.5) is 0 Å². The minimum Gasteiger partial charge on any atom is -0.330 e. The van der Waals surface area contributed by atoms with E-state index in [2.05, 4.69) is 11.9 Å². The Bertz CT molecular complexity index is 296. The molecule has 0 bridgehead atoms. The lowest BCUT2D eigenvalue weighted by Gasteiger charge is -2.58. The van der Waals surface area contributed by atoms with Gasteiger partial charge in [-0.3, -0.25) is 4.90 Å². The van der Waals surface area contributed by atoms with E-state index in [0.29, 0.717) is 5.41 Å². The van der Waals surface area contributed by atoms with Gasteiger partial charge >= 0.3 is 0 Å². The minimum absolute atomic E-state index is 0.712. The number of hydrogen-bond acceptors (Lipinski definition) is 2. The average Bonchev–Trinajstić information content (AvgIpc) is 2.47. The Kier molecular flexibility index (Phi) is 4.19. The molecule has 3 saturated carbocycles. The Morgan fingerprint density at radius 3 is 2.32 bits per heavy atom. The largest absolute Gasteiger partial charge is 0.330 e. The maximum Gasteiger partial charge on any atom is 0.0152 e. The van der Waals surface area contributed by atoms with Gasteiger partial charge in [-0.05, 0) is 63.5 Å². The Hall–Kier alpha value is -0.0800. The van der Waals surface area contributed by atoms with Crippen molar-refractivity contribution in [2.24, 2.45) is 17.1 Å². The zero-order chi connectivity index (χ0) is 13.3. The maximum absolute atomic E-state index is 6.03. The molecule has 0 saturated heterocycles. The summed E-state index contributed by atoms with van der Waals surface area (Å²) in [7, 11) is 2.42. The van der Waals surface area contributed by atoms with Crippen molar-refractivity contribution in [1.29, 1.82) is 0 Å². The molecule has 0 aliphatic heterocycles. The third-order valence-electron chi connectivity index (χ3n) is 6.66. The summed E-state index contributed by atoms with van der Waals surface area (Å²) in [6, 6.07) is 1.66. The van der Waals surface area contributed by atoms with Gasteiger partial charge in [0.2, 0.25) is 0 Å². The molecule has 2 nitrogen and oxygen atoms in total. The van der Waals surface area contributed by atoms with E-state index in [1.54, 1.807) is 0 Å². The quantitative estimate of drug-likeness (QED) is 0.844. The van der Waals surface area contributed by atoms with Crippen LogP contribution < -0.4 is 5.73 Å². The van der Waals surface area contributed by atoms with Gasteiger partial charge in [0.1, 0.15) is 0 Å². The van der Waals surface area contributed by atoms with Crippen molar-refractivity contribution in [3.8, 4) is 0 Å². The van der Waals surface area contributed by atoms with Gasteiger partial charge in [-0.25, -0.2) is 0 Å². The maximum atomic E-state index is 6.03. The number of rotatable bonds is 3. The Balaban J connectivity index is 1.67. The van der Waals surface area contributed by atoms with Gasteiger partial charge in [0, 0.05) is 12.1 Å². The summed E-state index contributed by atoms with van der Waals surface area (Å²) in [5.41, 5.74) is 6.75. The fourth-order valence-electron chi connectivity index (χ4n) is 5.39. The van der Waals surface area contributed by atoms with Crippen molar-refractivity contribution < 1.29 is 0 Å². The van der Waals surface area contributed by atoms with Crippen LogP contribution in [-0.2, 0) is 0 Å². The first-order valence-electron chi connectivity index (χ1n) is 8.69. The van der Waals surface area contributed by atoms with Crippen LogP contribution >= 0.6 is 0 Å². The molecule has 1 spiro atoms.